The van der Waals surface area contributed by atoms with Crippen LogP contribution in [0.3, 0.4) is 0 Å². The van der Waals surface area contributed by atoms with Crippen molar-refractivity contribution >= 4 is 5.97 Å². The number of aromatic nitrogens is 2. The van der Waals surface area contributed by atoms with Gasteiger partial charge in [-0.25, -0.2) is 9.78 Å². The molecule has 0 radical (unpaired) electrons. The first-order valence-electron chi connectivity index (χ1n) is 7.05. The topological polar surface area (TPSA) is 56.1 Å². The van der Waals surface area contributed by atoms with Crippen LogP contribution < -0.4 is 5.32 Å². The van der Waals surface area contributed by atoms with Crippen LogP contribution in [0.2, 0.25) is 0 Å². The second-order valence-electron chi connectivity index (χ2n) is 5.36. The standard InChI is InChI=1S/C14H23N3O2/c1-4-19-14(18)13(16-7-11-5-6-11)12-8-15-9-17(12)10(2)3/h8-11,13,16H,4-7H2,1-3H3. The van der Waals surface area contributed by atoms with Gasteiger partial charge in [0.15, 0.2) is 0 Å². The van der Waals surface area contributed by atoms with Crippen LogP contribution in [-0.4, -0.2) is 28.7 Å². The molecule has 0 bridgehead atoms. The van der Waals surface area contributed by atoms with Crippen molar-refractivity contribution in [3.63, 3.8) is 0 Å². The van der Waals surface area contributed by atoms with Crippen LogP contribution in [-0.2, 0) is 9.53 Å². The first-order valence-corrected chi connectivity index (χ1v) is 7.05. The maximum absolute atomic E-state index is 12.1. The monoisotopic (exact) mass is 265 g/mol. The maximum Gasteiger partial charge on any atom is 0.329 e. The molecule has 1 aliphatic carbocycles. The van der Waals surface area contributed by atoms with Gasteiger partial charge in [-0.3, -0.25) is 5.32 Å². The van der Waals surface area contributed by atoms with E-state index in [1.54, 1.807) is 12.5 Å². The van der Waals surface area contributed by atoms with Crippen LogP contribution >= 0.6 is 0 Å². The number of hydrogen-bond acceptors (Lipinski definition) is 4. The summed E-state index contributed by atoms with van der Waals surface area (Å²) in [6.45, 7) is 7.25. The summed E-state index contributed by atoms with van der Waals surface area (Å²) < 4.78 is 7.19. The molecular weight excluding hydrogens is 242 g/mol. The van der Waals surface area contributed by atoms with E-state index in [2.05, 4.69) is 24.1 Å². The summed E-state index contributed by atoms with van der Waals surface area (Å²) in [6.07, 6.45) is 6.03. The Bertz CT molecular complexity index is 424. The molecule has 1 aliphatic rings. The van der Waals surface area contributed by atoms with E-state index in [4.69, 9.17) is 4.74 Å². The van der Waals surface area contributed by atoms with E-state index >= 15 is 0 Å². The zero-order valence-corrected chi connectivity index (χ0v) is 11.9. The lowest BCUT2D eigenvalue weighted by molar-refractivity contribution is -0.146. The van der Waals surface area contributed by atoms with Gasteiger partial charge in [0, 0.05) is 6.04 Å². The minimum atomic E-state index is -0.412. The summed E-state index contributed by atoms with van der Waals surface area (Å²) in [6, 6.07) is -0.136. The molecular formula is C14H23N3O2. The smallest absolute Gasteiger partial charge is 0.329 e. The Balaban J connectivity index is 2.13. The molecule has 0 aromatic carbocycles. The first kappa shape index (κ1) is 14.1. The van der Waals surface area contributed by atoms with E-state index in [-0.39, 0.29) is 12.0 Å². The summed E-state index contributed by atoms with van der Waals surface area (Å²) >= 11 is 0. The molecule has 1 fully saturated rings. The number of hydrogen-bond donors (Lipinski definition) is 1. The molecule has 1 N–H and O–H groups in total. The Kier molecular flexibility index (Phi) is 4.58. The van der Waals surface area contributed by atoms with E-state index in [0.717, 1.165) is 12.2 Å². The summed E-state index contributed by atoms with van der Waals surface area (Å²) in [4.78, 5) is 16.3. The summed E-state index contributed by atoms with van der Waals surface area (Å²) in [5.41, 5.74) is 0.883. The highest BCUT2D eigenvalue weighted by Gasteiger charge is 2.29. The zero-order chi connectivity index (χ0) is 13.8. The number of esters is 1. The van der Waals surface area contributed by atoms with Gasteiger partial charge in [-0.2, -0.15) is 0 Å². The fourth-order valence-electron chi connectivity index (χ4n) is 2.11. The molecule has 1 unspecified atom stereocenters. The van der Waals surface area contributed by atoms with Crippen molar-refractivity contribution in [2.45, 2.75) is 45.7 Å². The Morgan fingerprint density at radius 1 is 1.58 bits per heavy atom. The highest BCUT2D eigenvalue weighted by molar-refractivity contribution is 5.77. The first-order chi connectivity index (χ1) is 9.13. The molecule has 0 amide bonds. The minimum Gasteiger partial charge on any atom is -0.465 e. The van der Waals surface area contributed by atoms with E-state index in [0.29, 0.717) is 12.5 Å². The Morgan fingerprint density at radius 2 is 2.32 bits per heavy atom. The second kappa shape index (κ2) is 6.19. The second-order valence-corrected chi connectivity index (χ2v) is 5.36. The van der Waals surface area contributed by atoms with Crippen LogP contribution in [0.15, 0.2) is 12.5 Å². The molecule has 1 atom stereocenters. The maximum atomic E-state index is 12.1. The van der Waals surface area contributed by atoms with Crippen molar-refractivity contribution < 1.29 is 9.53 Å². The summed E-state index contributed by atoms with van der Waals surface area (Å²) in [5, 5.41) is 3.33. The summed E-state index contributed by atoms with van der Waals surface area (Å²) in [5.74, 6) is 0.498. The quantitative estimate of drug-likeness (QED) is 0.767. The van der Waals surface area contributed by atoms with Gasteiger partial charge < -0.3 is 9.30 Å². The minimum absolute atomic E-state index is 0.217. The molecule has 0 spiro atoms. The Morgan fingerprint density at radius 3 is 2.89 bits per heavy atom. The van der Waals surface area contributed by atoms with E-state index < -0.39 is 6.04 Å². The third kappa shape index (κ3) is 3.56. The molecule has 19 heavy (non-hydrogen) atoms. The number of carbonyl (C=O) groups excluding carboxylic acids is 1. The Labute approximate surface area is 114 Å². The normalized spacial score (nSPS) is 16.6. The number of rotatable bonds is 7. The number of carbonyl (C=O) groups is 1. The van der Waals surface area contributed by atoms with Crippen molar-refractivity contribution in [2.75, 3.05) is 13.2 Å². The molecule has 1 heterocycles. The molecule has 1 aromatic heterocycles. The molecule has 1 aromatic rings. The van der Waals surface area contributed by atoms with Crippen LogP contribution in [0, 0.1) is 5.92 Å². The van der Waals surface area contributed by atoms with Crippen molar-refractivity contribution in [1.29, 1.82) is 0 Å². The third-order valence-electron chi connectivity index (χ3n) is 3.38. The lowest BCUT2D eigenvalue weighted by atomic mass is 10.2. The lowest BCUT2D eigenvalue weighted by Crippen LogP contribution is -2.33. The van der Waals surface area contributed by atoms with E-state index in [9.17, 15) is 4.79 Å². The molecule has 5 nitrogen and oxygen atoms in total. The van der Waals surface area contributed by atoms with Gasteiger partial charge in [-0.1, -0.05) is 0 Å². The van der Waals surface area contributed by atoms with Crippen molar-refractivity contribution in [1.82, 2.24) is 14.9 Å². The number of nitrogens with one attached hydrogen (secondary N) is 1. The fourth-order valence-corrected chi connectivity index (χ4v) is 2.11. The zero-order valence-electron chi connectivity index (χ0n) is 11.9. The van der Waals surface area contributed by atoms with Gasteiger partial charge in [0.05, 0.1) is 24.8 Å². The molecule has 0 aliphatic heterocycles. The highest BCUT2D eigenvalue weighted by Crippen LogP contribution is 2.29. The molecule has 2 rings (SSSR count). The van der Waals surface area contributed by atoms with E-state index in [1.165, 1.54) is 12.8 Å². The fraction of sp³-hybridized carbons (Fsp3) is 0.714. The molecule has 1 saturated carbocycles. The molecule has 5 heteroatoms. The largest absolute Gasteiger partial charge is 0.465 e. The average Bonchev–Trinajstić information content (AvgIpc) is 3.05. The van der Waals surface area contributed by atoms with Crippen LogP contribution in [0.4, 0.5) is 0 Å². The van der Waals surface area contributed by atoms with Crippen LogP contribution in [0.1, 0.15) is 51.4 Å². The van der Waals surface area contributed by atoms with Gasteiger partial charge in [-0.05, 0) is 46.1 Å². The molecule has 0 saturated heterocycles. The van der Waals surface area contributed by atoms with Gasteiger partial charge >= 0.3 is 5.97 Å². The average molecular weight is 265 g/mol. The van der Waals surface area contributed by atoms with Crippen molar-refractivity contribution in [3.8, 4) is 0 Å². The van der Waals surface area contributed by atoms with Crippen LogP contribution in [0.25, 0.3) is 0 Å². The van der Waals surface area contributed by atoms with Gasteiger partial charge in [0.25, 0.3) is 0 Å². The van der Waals surface area contributed by atoms with Crippen LogP contribution in [0.5, 0.6) is 0 Å². The molecule has 106 valence electrons. The highest BCUT2D eigenvalue weighted by atomic mass is 16.5. The SMILES string of the molecule is CCOC(=O)C(NCC1CC1)c1cncn1C(C)C. The Hall–Kier alpha value is -1.36. The number of ether oxygens (including phenoxy) is 1. The third-order valence-corrected chi connectivity index (χ3v) is 3.38. The van der Waals surface area contributed by atoms with Crippen molar-refractivity contribution in [3.05, 3.63) is 18.2 Å². The predicted octanol–water partition coefficient (Wildman–Crippen LogP) is 2.07. The number of nitrogens with zero attached hydrogens (tertiary/aromatic N) is 2. The van der Waals surface area contributed by atoms with Gasteiger partial charge in [0.2, 0.25) is 0 Å². The van der Waals surface area contributed by atoms with Gasteiger partial charge in [-0.15, -0.1) is 0 Å². The number of imidazole rings is 1. The van der Waals surface area contributed by atoms with Gasteiger partial charge in [0.1, 0.15) is 6.04 Å². The predicted molar refractivity (Wildman–Crippen MR) is 72.7 cm³/mol. The van der Waals surface area contributed by atoms with Crippen molar-refractivity contribution in [2.24, 2.45) is 5.92 Å². The summed E-state index contributed by atoms with van der Waals surface area (Å²) in [7, 11) is 0. The lowest BCUT2D eigenvalue weighted by Gasteiger charge is -2.20. The van der Waals surface area contributed by atoms with E-state index in [1.807, 2.05) is 11.5 Å².